The number of esters is 1. The number of aliphatic hydroxyl groups excluding tert-OH is 1. The molecule has 0 radical (unpaired) electrons. The number of carbonyl (C=O) groups is 3. The average molecular weight is 505 g/mol. The summed E-state index contributed by atoms with van der Waals surface area (Å²) >= 11 is 0. The van der Waals surface area contributed by atoms with Crippen LogP contribution >= 0.6 is 0 Å². The lowest BCUT2D eigenvalue weighted by molar-refractivity contribution is -0.164. The summed E-state index contributed by atoms with van der Waals surface area (Å²) in [5, 5.41) is 10.2. The molecule has 3 aliphatic rings. The molecular formula is C28H44N2O6. The van der Waals surface area contributed by atoms with Gasteiger partial charge in [-0.2, -0.15) is 0 Å². The number of carbonyl (C=O) groups excluding carboxylic acids is 3. The van der Waals surface area contributed by atoms with E-state index in [1.54, 1.807) is 17.1 Å². The first-order chi connectivity index (χ1) is 16.8. The highest BCUT2D eigenvalue weighted by Crippen LogP contribution is 2.65. The van der Waals surface area contributed by atoms with Crippen LogP contribution in [0.5, 0.6) is 0 Å². The van der Waals surface area contributed by atoms with Crippen LogP contribution in [-0.4, -0.2) is 81.3 Å². The van der Waals surface area contributed by atoms with E-state index in [-0.39, 0.29) is 30.9 Å². The Kier molecular flexibility index (Phi) is 8.11. The molecule has 3 saturated heterocycles. The minimum Gasteiger partial charge on any atom is -0.465 e. The summed E-state index contributed by atoms with van der Waals surface area (Å²) in [5.74, 6) is -2.76. The molecule has 8 heteroatoms. The van der Waals surface area contributed by atoms with E-state index in [1.165, 1.54) is 4.90 Å². The fourth-order valence-electron chi connectivity index (χ4n) is 6.58. The summed E-state index contributed by atoms with van der Waals surface area (Å²) in [7, 11) is 0. The van der Waals surface area contributed by atoms with Gasteiger partial charge in [0.25, 0.3) is 0 Å². The van der Waals surface area contributed by atoms with Crippen LogP contribution in [0.2, 0.25) is 0 Å². The maximum Gasteiger partial charge on any atom is 0.312 e. The number of hydrogen-bond donors (Lipinski definition) is 1. The van der Waals surface area contributed by atoms with Gasteiger partial charge in [0.05, 0.1) is 30.8 Å². The molecule has 3 unspecified atom stereocenters. The lowest BCUT2D eigenvalue weighted by atomic mass is 9.62. The molecule has 3 heterocycles. The fourth-order valence-corrected chi connectivity index (χ4v) is 6.58. The largest absolute Gasteiger partial charge is 0.465 e. The zero-order valence-electron chi connectivity index (χ0n) is 22.8. The molecule has 0 aliphatic carbocycles. The summed E-state index contributed by atoms with van der Waals surface area (Å²) in [6.07, 6.45) is 5.75. The van der Waals surface area contributed by atoms with E-state index in [0.717, 1.165) is 6.42 Å². The van der Waals surface area contributed by atoms with E-state index >= 15 is 0 Å². The van der Waals surface area contributed by atoms with E-state index < -0.39 is 46.6 Å². The molecule has 2 amide bonds. The molecule has 0 saturated carbocycles. The van der Waals surface area contributed by atoms with Crippen molar-refractivity contribution >= 4 is 17.8 Å². The van der Waals surface area contributed by atoms with Crippen LogP contribution in [-0.2, 0) is 23.9 Å². The number of likely N-dealkylation sites (tertiary alicyclic amines) is 1. The van der Waals surface area contributed by atoms with Crippen molar-refractivity contribution < 1.29 is 29.0 Å². The van der Waals surface area contributed by atoms with Crippen molar-refractivity contribution in [3.63, 3.8) is 0 Å². The van der Waals surface area contributed by atoms with Crippen molar-refractivity contribution in [2.24, 2.45) is 17.8 Å². The highest BCUT2D eigenvalue weighted by Gasteiger charge is 2.80. The van der Waals surface area contributed by atoms with Crippen LogP contribution in [0.1, 0.15) is 67.2 Å². The molecule has 3 aliphatic heterocycles. The van der Waals surface area contributed by atoms with Crippen LogP contribution in [0.15, 0.2) is 25.3 Å². The predicted octanol–water partition coefficient (Wildman–Crippen LogP) is 3.09. The molecule has 2 bridgehead atoms. The Labute approximate surface area is 215 Å². The van der Waals surface area contributed by atoms with Gasteiger partial charge in [0.2, 0.25) is 11.8 Å². The molecule has 36 heavy (non-hydrogen) atoms. The molecule has 0 aromatic carbocycles. The molecule has 1 N–H and O–H groups in total. The van der Waals surface area contributed by atoms with Gasteiger partial charge in [-0.3, -0.25) is 14.4 Å². The Hall–Kier alpha value is -2.19. The van der Waals surface area contributed by atoms with E-state index in [1.807, 2.05) is 41.5 Å². The number of ether oxygens (including phenoxy) is 2. The molecule has 8 nitrogen and oxygen atoms in total. The number of hydrogen-bond acceptors (Lipinski definition) is 6. The molecule has 0 aromatic rings. The lowest BCUT2D eigenvalue weighted by Gasteiger charge is -2.43. The zero-order valence-corrected chi connectivity index (χ0v) is 22.8. The number of allylic oxidation sites excluding steroid dienone is 1. The second-order valence-corrected chi connectivity index (χ2v) is 11.7. The third-order valence-electron chi connectivity index (χ3n) is 8.50. The number of rotatable bonds is 11. The van der Waals surface area contributed by atoms with Crippen molar-refractivity contribution in [1.29, 1.82) is 0 Å². The van der Waals surface area contributed by atoms with E-state index in [2.05, 4.69) is 13.2 Å². The van der Waals surface area contributed by atoms with E-state index in [4.69, 9.17) is 9.47 Å². The number of nitrogens with zero attached hydrogens (tertiary/aromatic N) is 2. The van der Waals surface area contributed by atoms with Gasteiger partial charge in [-0.05, 0) is 59.3 Å². The molecule has 3 fully saturated rings. The maximum absolute atomic E-state index is 14.3. The third-order valence-corrected chi connectivity index (χ3v) is 8.50. The van der Waals surface area contributed by atoms with Gasteiger partial charge >= 0.3 is 5.97 Å². The van der Waals surface area contributed by atoms with Crippen molar-refractivity contribution in [1.82, 2.24) is 9.80 Å². The van der Waals surface area contributed by atoms with Crippen LogP contribution in [0.3, 0.4) is 0 Å². The average Bonchev–Trinajstić information content (AvgIpc) is 3.32. The monoisotopic (exact) mass is 504 g/mol. The number of fused-ring (bicyclic) bond motifs is 1. The van der Waals surface area contributed by atoms with Gasteiger partial charge in [0.1, 0.15) is 17.6 Å². The van der Waals surface area contributed by atoms with E-state index in [0.29, 0.717) is 25.8 Å². The molecule has 1 spiro atoms. The first-order valence-electron chi connectivity index (χ1n) is 13.2. The molecular weight excluding hydrogens is 460 g/mol. The van der Waals surface area contributed by atoms with E-state index in [9.17, 15) is 19.5 Å². The van der Waals surface area contributed by atoms with Crippen molar-refractivity contribution in [2.75, 3.05) is 19.8 Å². The molecule has 3 rings (SSSR count). The molecule has 202 valence electrons. The molecule has 0 aromatic heterocycles. The fraction of sp³-hybridized carbons (Fsp3) is 0.750. The normalized spacial score (nSPS) is 33.9. The second kappa shape index (κ2) is 10.3. The smallest absolute Gasteiger partial charge is 0.312 e. The Morgan fingerprint density at radius 1 is 1.33 bits per heavy atom. The molecule has 7 atom stereocenters. The highest BCUT2D eigenvalue weighted by atomic mass is 16.6. The summed E-state index contributed by atoms with van der Waals surface area (Å²) in [6, 6.07) is -1.51. The first-order valence-corrected chi connectivity index (χ1v) is 13.2. The van der Waals surface area contributed by atoms with Gasteiger partial charge in [-0.15, -0.1) is 13.2 Å². The summed E-state index contributed by atoms with van der Waals surface area (Å²) in [6.45, 7) is 19.3. The first kappa shape index (κ1) is 28.4. The Morgan fingerprint density at radius 2 is 2.00 bits per heavy atom. The number of aliphatic hydroxyl groups is 1. The Bertz CT molecular complexity index is 893. The van der Waals surface area contributed by atoms with Gasteiger partial charge in [-0.25, -0.2) is 0 Å². The van der Waals surface area contributed by atoms with Crippen molar-refractivity contribution in [3.8, 4) is 0 Å². The maximum atomic E-state index is 14.3. The summed E-state index contributed by atoms with van der Waals surface area (Å²) < 4.78 is 12.4. The van der Waals surface area contributed by atoms with Crippen LogP contribution in [0.25, 0.3) is 0 Å². The number of amides is 2. The standard InChI is InChI=1S/C28H44N2O6/c1-9-12-13-15-35-25(34)21-20-23(32)30(19(11-3)17-31)22(24(33)29(14-10-2)26(5,6)7)28(20)16-18(4)27(21,8)36-28/h9-10,18-22,31H,1-2,11-17H2,3-8H3/t18?,19-,20-,21+,22?,27-,28?/m0/s1. The second-order valence-electron chi connectivity index (χ2n) is 11.7. The van der Waals surface area contributed by atoms with Gasteiger partial charge in [0, 0.05) is 12.1 Å². The summed E-state index contributed by atoms with van der Waals surface area (Å²) in [5.41, 5.74) is -2.63. The minimum atomic E-state index is -1.17. The Balaban J connectivity index is 2.11. The van der Waals surface area contributed by atoms with Gasteiger partial charge in [-0.1, -0.05) is 26.0 Å². The zero-order chi connectivity index (χ0) is 27.1. The SMILES string of the molecule is C=CCCCOC(=O)[C@H]1[C@H]2C(=O)N([C@@H](CC)CO)C(C(=O)N(CC=C)C(C)(C)C)C23CC(C)[C@]1(C)O3. The quantitative estimate of drug-likeness (QED) is 0.264. The Morgan fingerprint density at radius 3 is 2.53 bits per heavy atom. The van der Waals surface area contributed by atoms with Gasteiger partial charge in [0.15, 0.2) is 0 Å². The van der Waals surface area contributed by atoms with Crippen LogP contribution in [0.4, 0.5) is 0 Å². The third kappa shape index (κ3) is 4.30. The summed E-state index contributed by atoms with van der Waals surface area (Å²) in [4.78, 5) is 45.2. The lowest BCUT2D eigenvalue weighted by Crippen LogP contribution is -2.61. The minimum absolute atomic E-state index is 0.0702. The van der Waals surface area contributed by atoms with Crippen molar-refractivity contribution in [2.45, 2.75) is 96.1 Å². The topological polar surface area (TPSA) is 96.4 Å². The number of unbranched alkanes of at least 4 members (excludes halogenated alkanes) is 1. The van der Waals surface area contributed by atoms with Gasteiger partial charge < -0.3 is 24.4 Å². The van der Waals surface area contributed by atoms with Crippen molar-refractivity contribution in [3.05, 3.63) is 25.3 Å². The highest BCUT2D eigenvalue weighted by molar-refractivity contribution is 5.99. The van der Waals surface area contributed by atoms with Crippen LogP contribution < -0.4 is 0 Å². The van der Waals surface area contributed by atoms with Crippen LogP contribution in [0, 0.1) is 17.8 Å². The predicted molar refractivity (Wildman–Crippen MR) is 137 cm³/mol.